The van der Waals surface area contributed by atoms with Crippen LogP contribution in [-0.2, 0) is 6.32 Å². The molecule has 0 saturated carbocycles. The van der Waals surface area contributed by atoms with Crippen molar-refractivity contribution >= 4 is 7.85 Å². The van der Waals surface area contributed by atoms with Gasteiger partial charge in [-0.15, -0.1) is 0 Å². The molecule has 0 aliphatic rings. The maximum absolute atomic E-state index is 5.35. The van der Waals surface area contributed by atoms with Crippen LogP contribution < -0.4 is 0 Å². The Morgan fingerprint density at radius 3 is 1.90 bits per heavy atom. The van der Waals surface area contributed by atoms with Crippen LogP contribution in [0.1, 0.15) is 19.4 Å². The minimum atomic E-state index is 0.640. The molecular weight excluding hydrogens is 119 g/mol. The summed E-state index contributed by atoms with van der Waals surface area (Å²) in [6.45, 7) is 4.00. The van der Waals surface area contributed by atoms with E-state index in [2.05, 4.69) is 0 Å². The third-order valence-electron chi connectivity index (χ3n) is 1.08. The van der Waals surface area contributed by atoms with Crippen LogP contribution in [0.25, 0.3) is 0 Å². The first-order chi connectivity index (χ1) is 4.93. The van der Waals surface area contributed by atoms with Gasteiger partial charge in [0.05, 0.1) is 7.85 Å². The predicted molar refractivity (Wildman–Crippen MR) is 47.2 cm³/mol. The molecule has 1 aromatic rings. The van der Waals surface area contributed by atoms with Crippen molar-refractivity contribution in [2.75, 3.05) is 0 Å². The molecule has 0 fully saturated rings. The highest BCUT2D eigenvalue weighted by atomic mass is 13.8. The van der Waals surface area contributed by atoms with Crippen molar-refractivity contribution in [2.45, 2.75) is 20.2 Å². The maximum Gasteiger partial charge on any atom is 0.0716 e. The van der Waals surface area contributed by atoms with Crippen molar-refractivity contribution in [3.8, 4) is 0 Å². The molecule has 0 spiro atoms. The van der Waals surface area contributed by atoms with E-state index >= 15 is 0 Å². The second-order valence-electron chi connectivity index (χ2n) is 1.69. The van der Waals surface area contributed by atoms with Crippen molar-refractivity contribution in [2.24, 2.45) is 0 Å². The molecule has 0 unspecified atom stereocenters. The average Bonchev–Trinajstić information content (AvgIpc) is 2.10. The second kappa shape index (κ2) is 6.41. The molecule has 52 valence electrons. The molecule has 1 rings (SSSR count). The maximum atomic E-state index is 5.35. The lowest BCUT2D eigenvalue weighted by Crippen LogP contribution is -1.78. The summed E-state index contributed by atoms with van der Waals surface area (Å²) in [6.07, 6.45) is 0.640. The minimum Gasteiger partial charge on any atom is -0.0683 e. The van der Waals surface area contributed by atoms with E-state index in [4.69, 9.17) is 7.85 Å². The van der Waals surface area contributed by atoms with E-state index in [1.807, 2.05) is 44.2 Å². The Kier molecular flexibility index (Phi) is 5.95. The first-order valence-electron chi connectivity index (χ1n) is 3.67. The summed E-state index contributed by atoms with van der Waals surface area (Å²) >= 11 is 0. The Hall–Kier alpha value is -0.715. The Bertz CT molecular complexity index is 146. The monoisotopic (exact) mass is 132 g/mol. The summed E-state index contributed by atoms with van der Waals surface area (Å²) in [5, 5.41) is 0. The second-order valence-corrected chi connectivity index (χ2v) is 1.69. The molecule has 0 aliphatic heterocycles. The van der Waals surface area contributed by atoms with E-state index in [0.717, 1.165) is 0 Å². The van der Waals surface area contributed by atoms with Crippen molar-refractivity contribution in [1.82, 2.24) is 0 Å². The highest BCUT2D eigenvalue weighted by Crippen LogP contribution is 1.95. The van der Waals surface area contributed by atoms with Crippen molar-refractivity contribution in [3.05, 3.63) is 35.9 Å². The van der Waals surface area contributed by atoms with Crippen LogP contribution in [-0.4, -0.2) is 7.85 Å². The number of benzene rings is 1. The molecule has 0 aliphatic carbocycles. The SMILES string of the molecule is CC.[B]Cc1ccccc1. The van der Waals surface area contributed by atoms with Gasteiger partial charge in [0, 0.05) is 0 Å². The standard InChI is InChI=1S/C7H7B.C2H6/c8-6-7-4-2-1-3-5-7;1-2/h1-5H,6H2;1-2H3. The van der Waals surface area contributed by atoms with Crippen molar-refractivity contribution in [3.63, 3.8) is 0 Å². The highest BCUT2D eigenvalue weighted by molar-refractivity contribution is 6.08. The predicted octanol–water partition coefficient (Wildman–Crippen LogP) is 2.38. The normalized spacial score (nSPS) is 7.80. The van der Waals surface area contributed by atoms with E-state index in [0.29, 0.717) is 6.32 Å². The third kappa shape index (κ3) is 3.34. The summed E-state index contributed by atoms with van der Waals surface area (Å²) in [5.41, 5.74) is 1.19. The van der Waals surface area contributed by atoms with E-state index in [9.17, 15) is 0 Å². The first-order valence-corrected chi connectivity index (χ1v) is 3.67. The summed E-state index contributed by atoms with van der Waals surface area (Å²) < 4.78 is 0. The van der Waals surface area contributed by atoms with Gasteiger partial charge < -0.3 is 0 Å². The van der Waals surface area contributed by atoms with Crippen LogP contribution in [0, 0.1) is 0 Å². The Morgan fingerprint density at radius 1 is 1.10 bits per heavy atom. The van der Waals surface area contributed by atoms with E-state index in [-0.39, 0.29) is 0 Å². The van der Waals surface area contributed by atoms with E-state index in [1.54, 1.807) is 0 Å². The molecule has 0 heterocycles. The molecule has 0 atom stereocenters. The Balaban J connectivity index is 0.000000371. The molecule has 0 bridgehead atoms. The molecule has 10 heavy (non-hydrogen) atoms. The summed E-state index contributed by atoms with van der Waals surface area (Å²) in [4.78, 5) is 0. The van der Waals surface area contributed by atoms with E-state index in [1.165, 1.54) is 5.56 Å². The van der Waals surface area contributed by atoms with E-state index < -0.39 is 0 Å². The zero-order valence-corrected chi connectivity index (χ0v) is 6.67. The molecule has 0 amide bonds. The molecule has 1 heteroatoms. The van der Waals surface area contributed by atoms with Gasteiger partial charge in [-0.1, -0.05) is 56.1 Å². The van der Waals surface area contributed by atoms with Gasteiger partial charge in [0.25, 0.3) is 0 Å². The smallest absolute Gasteiger partial charge is 0.0683 e. The quantitative estimate of drug-likeness (QED) is 0.514. The Morgan fingerprint density at radius 2 is 1.60 bits per heavy atom. The van der Waals surface area contributed by atoms with Crippen molar-refractivity contribution in [1.29, 1.82) is 0 Å². The molecule has 1 aromatic carbocycles. The zero-order valence-electron chi connectivity index (χ0n) is 6.67. The summed E-state index contributed by atoms with van der Waals surface area (Å²) in [6, 6.07) is 9.99. The lowest BCUT2D eigenvalue weighted by molar-refractivity contribution is 1.40. The van der Waals surface area contributed by atoms with Crippen LogP contribution >= 0.6 is 0 Å². The zero-order chi connectivity index (χ0) is 7.82. The van der Waals surface area contributed by atoms with Crippen LogP contribution in [0.3, 0.4) is 0 Å². The third-order valence-corrected chi connectivity index (χ3v) is 1.08. The van der Waals surface area contributed by atoms with Crippen LogP contribution in [0.2, 0.25) is 0 Å². The lowest BCUT2D eigenvalue weighted by Gasteiger charge is -1.89. The van der Waals surface area contributed by atoms with Gasteiger partial charge in [0.2, 0.25) is 0 Å². The number of hydrogen-bond acceptors (Lipinski definition) is 0. The van der Waals surface area contributed by atoms with Crippen LogP contribution in [0.4, 0.5) is 0 Å². The van der Waals surface area contributed by atoms with Gasteiger partial charge in [0.15, 0.2) is 0 Å². The summed E-state index contributed by atoms with van der Waals surface area (Å²) in [7, 11) is 5.35. The largest absolute Gasteiger partial charge is 0.0716 e. The lowest BCUT2D eigenvalue weighted by atomic mass is 9.97. The first kappa shape index (κ1) is 9.28. The molecule has 0 nitrogen and oxygen atoms in total. The Labute approximate surface area is 64.7 Å². The van der Waals surface area contributed by atoms with Crippen LogP contribution in [0.15, 0.2) is 30.3 Å². The van der Waals surface area contributed by atoms with Crippen LogP contribution in [0.5, 0.6) is 0 Å². The van der Waals surface area contributed by atoms with Gasteiger partial charge in [-0.25, -0.2) is 0 Å². The highest BCUT2D eigenvalue weighted by Gasteiger charge is 1.79. The fraction of sp³-hybridized carbons (Fsp3) is 0.333. The van der Waals surface area contributed by atoms with Gasteiger partial charge in [-0.3, -0.25) is 0 Å². The molecular formula is C9H13B. The number of rotatable bonds is 1. The topological polar surface area (TPSA) is 0 Å². The van der Waals surface area contributed by atoms with Gasteiger partial charge >= 0.3 is 0 Å². The average molecular weight is 132 g/mol. The molecule has 0 saturated heterocycles. The minimum absolute atomic E-state index is 0.640. The van der Waals surface area contributed by atoms with Gasteiger partial charge in [-0.2, -0.15) is 0 Å². The summed E-state index contributed by atoms with van der Waals surface area (Å²) in [5.74, 6) is 0. The fourth-order valence-corrected chi connectivity index (χ4v) is 0.614. The number of hydrogen-bond donors (Lipinski definition) is 0. The van der Waals surface area contributed by atoms with Gasteiger partial charge in [0.1, 0.15) is 0 Å². The van der Waals surface area contributed by atoms with Gasteiger partial charge in [-0.05, 0) is 0 Å². The molecule has 2 radical (unpaired) electrons. The van der Waals surface area contributed by atoms with Crippen molar-refractivity contribution < 1.29 is 0 Å². The molecule has 0 N–H and O–H groups in total. The molecule has 0 aromatic heterocycles. The fourth-order valence-electron chi connectivity index (χ4n) is 0.614.